The van der Waals surface area contributed by atoms with Gasteiger partial charge in [-0.1, -0.05) is 30.3 Å². The minimum Gasteiger partial charge on any atom is -0.313 e. The van der Waals surface area contributed by atoms with E-state index in [4.69, 9.17) is 6.42 Å². The summed E-state index contributed by atoms with van der Waals surface area (Å²) in [4.78, 5) is 0. The summed E-state index contributed by atoms with van der Waals surface area (Å²) in [7, 11) is 0. The van der Waals surface area contributed by atoms with Gasteiger partial charge in [0, 0.05) is 13.0 Å². The molecule has 74 valence electrons. The van der Waals surface area contributed by atoms with Crippen molar-refractivity contribution < 1.29 is 0 Å². The van der Waals surface area contributed by atoms with Gasteiger partial charge < -0.3 is 5.32 Å². The molecule has 1 aromatic rings. The highest BCUT2D eigenvalue weighted by molar-refractivity contribution is 5.14. The average Bonchev–Trinajstić information content (AvgIpc) is 2.25. The third-order valence-electron chi connectivity index (χ3n) is 2.10. The standard InChI is InChI=1S/C13H17N/c1-2-3-4-8-11-14-12-13-9-6-5-7-10-13/h1,5-7,9-10,14H,3-4,8,11-12H2. The zero-order valence-corrected chi connectivity index (χ0v) is 8.50. The summed E-state index contributed by atoms with van der Waals surface area (Å²) in [5, 5.41) is 3.39. The third kappa shape index (κ3) is 4.69. The Hall–Kier alpha value is -1.26. The first kappa shape index (κ1) is 10.8. The quantitative estimate of drug-likeness (QED) is 0.533. The highest BCUT2D eigenvalue weighted by Crippen LogP contribution is 1.97. The third-order valence-corrected chi connectivity index (χ3v) is 2.10. The summed E-state index contributed by atoms with van der Waals surface area (Å²) < 4.78 is 0. The Morgan fingerprint density at radius 2 is 1.93 bits per heavy atom. The van der Waals surface area contributed by atoms with Crippen molar-refractivity contribution in [1.82, 2.24) is 5.32 Å². The second kappa shape index (κ2) is 7.17. The monoisotopic (exact) mass is 187 g/mol. The van der Waals surface area contributed by atoms with Gasteiger partial charge in [-0.2, -0.15) is 0 Å². The molecule has 0 unspecified atom stereocenters. The van der Waals surface area contributed by atoms with Gasteiger partial charge in [0.05, 0.1) is 0 Å². The molecule has 1 rings (SSSR count). The number of nitrogens with one attached hydrogen (secondary N) is 1. The predicted octanol–water partition coefficient (Wildman–Crippen LogP) is 2.58. The molecular formula is C13H17N. The van der Waals surface area contributed by atoms with Crippen LogP contribution in [-0.4, -0.2) is 6.54 Å². The Balaban J connectivity index is 2.03. The minimum absolute atomic E-state index is 0.896. The predicted molar refractivity (Wildman–Crippen MR) is 60.8 cm³/mol. The van der Waals surface area contributed by atoms with Crippen molar-refractivity contribution in [3.8, 4) is 12.3 Å². The molecule has 0 saturated carbocycles. The van der Waals surface area contributed by atoms with Crippen LogP contribution in [0.1, 0.15) is 24.8 Å². The molecule has 1 aromatic carbocycles. The number of unbranched alkanes of at least 4 members (excludes halogenated alkanes) is 2. The Morgan fingerprint density at radius 1 is 1.14 bits per heavy atom. The molecule has 1 heteroatoms. The van der Waals surface area contributed by atoms with E-state index in [2.05, 4.69) is 35.5 Å². The molecule has 0 radical (unpaired) electrons. The fourth-order valence-electron chi connectivity index (χ4n) is 1.31. The van der Waals surface area contributed by atoms with Crippen LogP contribution in [0.3, 0.4) is 0 Å². The van der Waals surface area contributed by atoms with E-state index in [-0.39, 0.29) is 0 Å². The Labute approximate surface area is 86.5 Å². The average molecular weight is 187 g/mol. The maximum absolute atomic E-state index is 5.16. The molecule has 0 saturated heterocycles. The van der Waals surface area contributed by atoms with Crippen LogP contribution in [0, 0.1) is 12.3 Å². The SMILES string of the molecule is C#CCCCCNCc1ccccc1. The lowest BCUT2D eigenvalue weighted by molar-refractivity contribution is 0.630. The van der Waals surface area contributed by atoms with Gasteiger partial charge >= 0.3 is 0 Å². The van der Waals surface area contributed by atoms with Crippen molar-refractivity contribution in [2.45, 2.75) is 25.8 Å². The molecule has 0 amide bonds. The van der Waals surface area contributed by atoms with E-state index in [1.54, 1.807) is 0 Å². The fraction of sp³-hybridized carbons (Fsp3) is 0.385. The van der Waals surface area contributed by atoms with Crippen molar-refractivity contribution in [3.05, 3.63) is 35.9 Å². The second-order valence-corrected chi connectivity index (χ2v) is 3.32. The van der Waals surface area contributed by atoms with Crippen LogP contribution in [0.25, 0.3) is 0 Å². The number of rotatable bonds is 6. The molecule has 0 aliphatic rings. The first-order valence-electron chi connectivity index (χ1n) is 5.11. The first-order chi connectivity index (χ1) is 6.93. The van der Waals surface area contributed by atoms with E-state index in [1.807, 2.05) is 6.07 Å². The summed E-state index contributed by atoms with van der Waals surface area (Å²) in [6, 6.07) is 10.4. The van der Waals surface area contributed by atoms with Crippen LogP contribution in [0.4, 0.5) is 0 Å². The smallest absolute Gasteiger partial charge is 0.0205 e. The van der Waals surface area contributed by atoms with Crippen LogP contribution in [0.5, 0.6) is 0 Å². The van der Waals surface area contributed by atoms with E-state index in [9.17, 15) is 0 Å². The summed E-state index contributed by atoms with van der Waals surface area (Å²) in [5.41, 5.74) is 1.34. The molecule has 1 N–H and O–H groups in total. The van der Waals surface area contributed by atoms with Crippen molar-refractivity contribution in [1.29, 1.82) is 0 Å². The van der Waals surface area contributed by atoms with Crippen molar-refractivity contribution in [3.63, 3.8) is 0 Å². The number of hydrogen-bond acceptors (Lipinski definition) is 1. The van der Waals surface area contributed by atoms with Gasteiger partial charge in [0.25, 0.3) is 0 Å². The van der Waals surface area contributed by atoms with Crippen LogP contribution >= 0.6 is 0 Å². The van der Waals surface area contributed by atoms with Crippen molar-refractivity contribution >= 4 is 0 Å². The van der Waals surface area contributed by atoms with Gasteiger partial charge in [-0.05, 0) is 24.9 Å². The molecule has 0 aromatic heterocycles. The van der Waals surface area contributed by atoms with Crippen LogP contribution in [-0.2, 0) is 6.54 Å². The molecule has 1 nitrogen and oxygen atoms in total. The van der Waals surface area contributed by atoms with E-state index >= 15 is 0 Å². The van der Waals surface area contributed by atoms with Gasteiger partial charge in [0.1, 0.15) is 0 Å². The molecule has 0 fully saturated rings. The second-order valence-electron chi connectivity index (χ2n) is 3.32. The van der Waals surface area contributed by atoms with Gasteiger partial charge in [-0.3, -0.25) is 0 Å². The van der Waals surface area contributed by atoms with E-state index in [0.717, 1.165) is 32.4 Å². The topological polar surface area (TPSA) is 12.0 Å². The Morgan fingerprint density at radius 3 is 2.64 bits per heavy atom. The fourth-order valence-corrected chi connectivity index (χ4v) is 1.31. The Bertz CT molecular complexity index is 271. The highest BCUT2D eigenvalue weighted by Gasteiger charge is 1.90. The first-order valence-corrected chi connectivity index (χ1v) is 5.11. The van der Waals surface area contributed by atoms with Crippen molar-refractivity contribution in [2.24, 2.45) is 0 Å². The molecule has 0 spiro atoms. The molecule has 0 bridgehead atoms. The van der Waals surface area contributed by atoms with Gasteiger partial charge in [-0.15, -0.1) is 12.3 Å². The van der Waals surface area contributed by atoms with E-state index in [1.165, 1.54) is 5.56 Å². The number of benzene rings is 1. The van der Waals surface area contributed by atoms with Gasteiger partial charge in [0.15, 0.2) is 0 Å². The molecule has 0 aliphatic heterocycles. The summed E-state index contributed by atoms with van der Waals surface area (Å²) in [6.45, 7) is 2.01. The Kier molecular flexibility index (Phi) is 5.54. The molecule has 0 atom stereocenters. The maximum Gasteiger partial charge on any atom is 0.0205 e. The molecule has 0 heterocycles. The number of terminal acetylenes is 1. The largest absolute Gasteiger partial charge is 0.313 e. The molecular weight excluding hydrogens is 170 g/mol. The molecule has 14 heavy (non-hydrogen) atoms. The van der Waals surface area contributed by atoms with Crippen LogP contribution in [0.2, 0.25) is 0 Å². The minimum atomic E-state index is 0.896. The lowest BCUT2D eigenvalue weighted by atomic mass is 10.2. The summed E-state index contributed by atoms with van der Waals surface area (Å²) in [5.74, 6) is 2.65. The molecule has 0 aliphatic carbocycles. The van der Waals surface area contributed by atoms with Crippen LogP contribution in [0.15, 0.2) is 30.3 Å². The lowest BCUT2D eigenvalue weighted by Gasteiger charge is -2.03. The zero-order valence-electron chi connectivity index (χ0n) is 8.50. The van der Waals surface area contributed by atoms with Gasteiger partial charge in [0.2, 0.25) is 0 Å². The lowest BCUT2D eigenvalue weighted by Crippen LogP contribution is -2.14. The summed E-state index contributed by atoms with van der Waals surface area (Å²) >= 11 is 0. The number of hydrogen-bond donors (Lipinski definition) is 1. The highest BCUT2D eigenvalue weighted by atomic mass is 14.8. The summed E-state index contributed by atoms with van der Waals surface area (Å²) in [6.07, 6.45) is 8.35. The van der Waals surface area contributed by atoms with E-state index < -0.39 is 0 Å². The van der Waals surface area contributed by atoms with E-state index in [0.29, 0.717) is 0 Å². The maximum atomic E-state index is 5.16. The van der Waals surface area contributed by atoms with Gasteiger partial charge in [-0.25, -0.2) is 0 Å². The van der Waals surface area contributed by atoms with Crippen molar-refractivity contribution in [2.75, 3.05) is 6.54 Å². The van der Waals surface area contributed by atoms with Crippen LogP contribution < -0.4 is 5.32 Å². The zero-order chi connectivity index (χ0) is 10.1. The normalized spacial score (nSPS) is 9.64.